The molecule has 0 saturated carbocycles. The average molecular weight is 408 g/mol. The fourth-order valence-electron chi connectivity index (χ4n) is 2.11. The molecule has 0 radical (unpaired) electrons. The second-order valence-electron chi connectivity index (χ2n) is 5.88. The Kier molecular flexibility index (Phi) is 6.06. The summed E-state index contributed by atoms with van der Waals surface area (Å²) in [7, 11) is -3.68. The van der Waals surface area contributed by atoms with Crippen LogP contribution in [0.4, 0.5) is 4.39 Å². The average Bonchev–Trinajstić information content (AvgIpc) is 2.54. The number of halogens is 3. The summed E-state index contributed by atoms with van der Waals surface area (Å²) in [4.78, 5) is 4.18. The van der Waals surface area contributed by atoms with Crippen molar-refractivity contribution in [3.63, 3.8) is 0 Å². The van der Waals surface area contributed by atoms with Crippen molar-refractivity contribution >= 4 is 33.3 Å². The molecule has 25 heavy (non-hydrogen) atoms. The number of aliphatic hydroxyl groups is 1. The van der Waals surface area contributed by atoms with Gasteiger partial charge in [0.15, 0.2) is 0 Å². The van der Waals surface area contributed by atoms with Gasteiger partial charge in [-0.1, -0.05) is 30.1 Å². The largest absolute Gasteiger partial charge is 0.395 e. The first kappa shape index (κ1) is 20.1. The minimum absolute atomic E-state index is 0.0637. The van der Waals surface area contributed by atoms with Crippen LogP contribution in [-0.2, 0) is 19.7 Å². The van der Waals surface area contributed by atoms with Gasteiger partial charge in [0.1, 0.15) is 11.0 Å². The van der Waals surface area contributed by atoms with Crippen LogP contribution in [0.15, 0.2) is 30.3 Å². The lowest BCUT2D eigenvalue weighted by atomic mass is 9.84. The third-order valence-corrected chi connectivity index (χ3v) is 4.68. The van der Waals surface area contributed by atoms with Gasteiger partial charge in [-0.2, -0.15) is 8.42 Å². The van der Waals surface area contributed by atoms with Crippen LogP contribution in [-0.4, -0.2) is 38.0 Å². The van der Waals surface area contributed by atoms with Gasteiger partial charge in [0.05, 0.1) is 30.2 Å². The Labute approximate surface area is 155 Å². The Morgan fingerprint density at radius 3 is 2.52 bits per heavy atom. The molecule has 5 nitrogen and oxygen atoms in total. The molecule has 0 saturated heterocycles. The molecule has 0 aliphatic carbocycles. The number of pyridine rings is 1. The predicted octanol–water partition coefficient (Wildman–Crippen LogP) is 3.42. The third kappa shape index (κ3) is 5.12. The topological polar surface area (TPSA) is 76.5 Å². The van der Waals surface area contributed by atoms with Crippen molar-refractivity contribution in [3.05, 3.63) is 51.9 Å². The second kappa shape index (κ2) is 7.55. The lowest BCUT2D eigenvalue weighted by Crippen LogP contribution is -2.33. The molecule has 1 N–H and O–H groups in total. The van der Waals surface area contributed by atoms with Crippen molar-refractivity contribution in [1.29, 1.82) is 0 Å². The summed E-state index contributed by atoms with van der Waals surface area (Å²) in [5.41, 5.74) is 0.422. The van der Waals surface area contributed by atoms with E-state index in [1.807, 2.05) is 0 Å². The minimum atomic E-state index is -3.68. The van der Waals surface area contributed by atoms with Crippen molar-refractivity contribution in [2.24, 2.45) is 0 Å². The van der Waals surface area contributed by atoms with Crippen LogP contribution in [0.5, 0.6) is 0 Å². The number of benzene rings is 1. The first-order chi connectivity index (χ1) is 11.5. The fourth-order valence-corrected chi connectivity index (χ4v) is 2.97. The maximum atomic E-state index is 13.3. The van der Waals surface area contributed by atoms with E-state index in [2.05, 4.69) is 4.98 Å². The molecule has 0 aliphatic heterocycles. The molecule has 1 atom stereocenters. The van der Waals surface area contributed by atoms with E-state index in [1.165, 1.54) is 24.3 Å². The van der Waals surface area contributed by atoms with Gasteiger partial charge >= 0.3 is 0 Å². The van der Waals surface area contributed by atoms with Crippen molar-refractivity contribution in [2.75, 3.05) is 19.5 Å². The van der Waals surface area contributed by atoms with Gasteiger partial charge < -0.3 is 5.11 Å². The molecule has 0 amide bonds. The Morgan fingerprint density at radius 2 is 1.96 bits per heavy atom. The quantitative estimate of drug-likeness (QED) is 0.586. The molecule has 0 bridgehead atoms. The third-order valence-electron chi connectivity index (χ3n) is 3.65. The van der Waals surface area contributed by atoms with Gasteiger partial charge in [-0.05, 0) is 35.9 Å². The van der Waals surface area contributed by atoms with E-state index in [1.54, 1.807) is 13.0 Å². The van der Waals surface area contributed by atoms with Gasteiger partial charge in [0, 0.05) is 11.0 Å². The van der Waals surface area contributed by atoms with Crippen LogP contribution in [0.1, 0.15) is 12.5 Å². The zero-order valence-electron chi connectivity index (χ0n) is 13.5. The number of rotatable bonds is 6. The standard InChI is InChI=1S/C16H16Cl2FNO4S/c1-16(8-21,9-24-25(2,22)23)11-6-14(20-15(18)7-11)10-3-4-13(19)12(17)5-10/h3-7,21H,8-9H2,1-2H3. The molecule has 1 aromatic heterocycles. The molecule has 136 valence electrons. The smallest absolute Gasteiger partial charge is 0.264 e. The maximum Gasteiger partial charge on any atom is 0.264 e. The first-order valence-corrected chi connectivity index (χ1v) is 9.70. The van der Waals surface area contributed by atoms with Gasteiger partial charge in [0.2, 0.25) is 0 Å². The van der Waals surface area contributed by atoms with Gasteiger partial charge in [-0.3, -0.25) is 4.18 Å². The van der Waals surface area contributed by atoms with Crippen LogP contribution < -0.4 is 0 Å². The Morgan fingerprint density at radius 1 is 1.28 bits per heavy atom. The number of hydrogen-bond acceptors (Lipinski definition) is 5. The van der Waals surface area contributed by atoms with E-state index in [4.69, 9.17) is 27.4 Å². The second-order valence-corrected chi connectivity index (χ2v) is 8.32. The van der Waals surface area contributed by atoms with Crippen molar-refractivity contribution < 1.29 is 22.1 Å². The molecule has 0 spiro atoms. The highest BCUT2D eigenvalue weighted by atomic mass is 35.5. The molecule has 9 heteroatoms. The number of aromatic nitrogens is 1. The maximum absolute atomic E-state index is 13.3. The van der Waals surface area contributed by atoms with E-state index in [-0.39, 0.29) is 23.4 Å². The highest BCUT2D eigenvalue weighted by molar-refractivity contribution is 7.85. The highest BCUT2D eigenvalue weighted by Gasteiger charge is 2.29. The molecule has 1 heterocycles. The van der Waals surface area contributed by atoms with Gasteiger partial charge in [-0.25, -0.2) is 9.37 Å². The summed E-state index contributed by atoms with van der Waals surface area (Å²) in [5, 5.41) is 9.83. The van der Waals surface area contributed by atoms with E-state index < -0.39 is 21.4 Å². The van der Waals surface area contributed by atoms with Crippen molar-refractivity contribution in [2.45, 2.75) is 12.3 Å². The summed E-state index contributed by atoms with van der Waals surface area (Å²) in [6.07, 6.45) is 0.927. The van der Waals surface area contributed by atoms with E-state index in [0.29, 0.717) is 16.8 Å². The SMILES string of the molecule is CC(CO)(COS(C)(=O)=O)c1cc(Cl)nc(-c2ccc(F)c(Cl)c2)c1. The van der Waals surface area contributed by atoms with E-state index in [9.17, 15) is 17.9 Å². The van der Waals surface area contributed by atoms with Crippen molar-refractivity contribution in [1.82, 2.24) is 4.98 Å². The summed E-state index contributed by atoms with van der Waals surface area (Å²) in [6.45, 7) is 0.976. The number of aliphatic hydroxyl groups excluding tert-OH is 1. The lowest BCUT2D eigenvalue weighted by Gasteiger charge is -2.27. The van der Waals surface area contributed by atoms with Crippen LogP contribution in [0.3, 0.4) is 0 Å². The van der Waals surface area contributed by atoms with E-state index in [0.717, 1.165) is 6.26 Å². The van der Waals surface area contributed by atoms with Gasteiger partial charge in [-0.15, -0.1) is 0 Å². The summed E-state index contributed by atoms with van der Waals surface area (Å²) >= 11 is 11.9. The van der Waals surface area contributed by atoms with Gasteiger partial charge in [0.25, 0.3) is 10.1 Å². The molecule has 2 aromatic rings. The first-order valence-electron chi connectivity index (χ1n) is 7.13. The molecule has 0 aliphatic rings. The molecular formula is C16H16Cl2FNO4S. The molecule has 2 rings (SSSR count). The number of hydrogen-bond donors (Lipinski definition) is 1. The molecular weight excluding hydrogens is 392 g/mol. The highest BCUT2D eigenvalue weighted by Crippen LogP contribution is 2.31. The normalized spacial score (nSPS) is 14.3. The summed E-state index contributed by atoms with van der Waals surface area (Å²) in [5.74, 6) is -0.561. The monoisotopic (exact) mass is 407 g/mol. The summed E-state index contributed by atoms with van der Waals surface area (Å²) in [6, 6.07) is 7.24. The van der Waals surface area contributed by atoms with Crippen molar-refractivity contribution in [3.8, 4) is 11.3 Å². The minimum Gasteiger partial charge on any atom is -0.395 e. The van der Waals surface area contributed by atoms with Crippen LogP contribution in [0.2, 0.25) is 10.2 Å². The van der Waals surface area contributed by atoms with Crippen LogP contribution >= 0.6 is 23.2 Å². The molecule has 1 unspecified atom stereocenters. The lowest BCUT2D eigenvalue weighted by molar-refractivity contribution is 0.146. The summed E-state index contributed by atoms with van der Waals surface area (Å²) < 4.78 is 40.7. The van der Waals surface area contributed by atoms with Crippen LogP contribution in [0, 0.1) is 5.82 Å². The molecule has 1 aromatic carbocycles. The zero-order valence-corrected chi connectivity index (χ0v) is 15.8. The molecule has 0 fully saturated rings. The van der Waals surface area contributed by atoms with E-state index >= 15 is 0 Å². The predicted molar refractivity (Wildman–Crippen MR) is 94.9 cm³/mol. The fraction of sp³-hybridized carbons (Fsp3) is 0.312. The zero-order chi connectivity index (χ0) is 18.8. The Hall–Kier alpha value is -1.25. The number of nitrogens with zero attached hydrogens (tertiary/aromatic N) is 1. The van der Waals surface area contributed by atoms with Crippen LogP contribution in [0.25, 0.3) is 11.3 Å². The Balaban J connectivity index is 2.47. The Bertz CT molecular complexity index is 892.